The van der Waals surface area contributed by atoms with Crippen molar-refractivity contribution in [1.29, 1.82) is 0 Å². The maximum atomic E-state index is 12.6. The van der Waals surface area contributed by atoms with E-state index in [1.165, 1.54) is 49.6 Å². The van der Waals surface area contributed by atoms with E-state index in [0.29, 0.717) is 21.9 Å². The van der Waals surface area contributed by atoms with Crippen molar-refractivity contribution in [3.63, 3.8) is 0 Å². The largest absolute Gasteiger partial charge is 0.497 e. The first-order chi connectivity index (χ1) is 14.4. The molecule has 1 aliphatic heterocycles. The molecule has 0 spiro atoms. The molecule has 0 atom stereocenters. The van der Waals surface area contributed by atoms with Crippen LogP contribution in [0.1, 0.15) is 15.9 Å². The Balaban J connectivity index is 1.58. The van der Waals surface area contributed by atoms with Crippen molar-refractivity contribution in [2.75, 3.05) is 7.11 Å². The van der Waals surface area contributed by atoms with Crippen molar-refractivity contribution in [2.45, 2.75) is 4.90 Å². The van der Waals surface area contributed by atoms with Crippen LogP contribution in [0.3, 0.4) is 0 Å². The molecule has 152 valence electrons. The van der Waals surface area contributed by atoms with Crippen LogP contribution in [0.15, 0.2) is 77.4 Å². The van der Waals surface area contributed by atoms with Gasteiger partial charge in [-0.3, -0.25) is 4.79 Å². The molecule has 0 aromatic heterocycles. The fraction of sp³-hybridized carbons (Fsp3) is 0.0455. The zero-order valence-corrected chi connectivity index (χ0v) is 17.2. The van der Waals surface area contributed by atoms with Crippen LogP contribution in [0.5, 0.6) is 17.2 Å². The predicted octanol–water partition coefficient (Wildman–Crippen LogP) is 4.73. The van der Waals surface area contributed by atoms with Gasteiger partial charge in [-0.25, -0.2) is 0 Å². The van der Waals surface area contributed by atoms with Crippen LogP contribution >= 0.6 is 11.6 Å². The van der Waals surface area contributed by atoms with Crippen molar-refractivity contribution in [3.8, 4) is 17.2 Å². The molecule has 1 heterocycles. The summed E-state index contributed by atoms with van der Waals surface area (Å²) in [6.07, 6.45) is 1.57. The molecule has 8 heteroatoms. The maximum absolute atomic E-state index is 12.6. The van der Waals surface area contributed by atoms with Crippen LogP contribution in [0.4, 0.5) is 0 Å². The van der Waals surface area contributed by atoms with Gasteiger partial charge in [-0.05, 0) is 60.2 Å². The average molecular weight is 443 g/mol. The van der Waals surface area contributed by atoms with Crippen LogP contribution in [0.2, 0.25) is 5.02 Å². The number of hydrogen-bond donors (Lipinski definition) is 0. The fourth-order valence-electron chi connectivity index (χ4n) is 2.88. The number of ketones is 1. The molecule has 0 aliphatic carbocycles. The summed E-state index contributed by atoms with van der Waals surface area (Å²) in [5.41, 5.74) is 1.02. The third kappa shape index (κ3) is 4.03. The highest BCUT2D eigenvalue weighted by molar-refractivity contribution is 7.87. The van der Waals surface area contributed by atoms with E-state index in [1.54, 1.807) is 30.3 Å². The van der Waals surface area contributed by atoms with E-state index in [4.69, 9.17) is 25.3 Å². The third-order valence-electron chi connectivity index (χ3n) is 4.34. The number of benzene rings is 3. The van der Waals surface area contributed by atoms with E-state index in [-0.39, 0.29) is 27.9 Å². The number of fused-ring (bicyclic) bond motifs is 1. The van der Waals surface area contributed by atoms with Gasteiger partial charge in [0.05, 0.1) is 12.7 Å². The summed E-state index contributed by atoms with van der Waals surface area (Å²) in [5, 5.41) is 0.534. The number of rotatable bonds is 5. The highest BCUT2D eigenvalue weighted by Gasteiger charge is 2.28. The summed E-state index contributed by atoms with van der Waals surface area (Å²) in [6, 6.07) is 17.0. The van der Waals surface area contributed by atoms with Crippen LogP contribution in [0.25, 0.3) is 6.08 Å². The minimum Gasteiger partial charge on any atom is -0.497 e. The monoisotopic (exact) mass is 442 g/mol. The highest BCUT2D eigenvalue weighted by Crippen LogP contribution is 2.36. The number of halogens is 1. The Hall–Kier alpha value is -3.29. The second kappa shape index (κ2) is 7.85. The Morgan fingerprint density at radius 3 is 2.40 bits per heavy atom. The Labute approximate surface area is 178 Å². The topological polar surface area (TPSA) is 78.9 Å². The lowest BCUT2D eigenvalue weighted by Gasteiger charge is -2.08. The summed E-state index contributed by atoms with van der Waals surface area (Å²) in [7, 11) is -2.57. The molecule has 0 unspecified atom stereocenters. The lowest BCUT2D eigenvalue weighted by Crippen LogP contribution is -2.09. The Morgan fingerprint density at radius 2 is 1.70 bits per heavy atom. The minimum absolute atomic E-state index is 0.0256. The lowest BCUT2D eigenvalue weighted by atomic mass is 10.1. The molecule has 0 N–H and O–H groups in total. The van der Waals surface area contributed by atoms with E-state index in [2.05, 4.69) is 0 Å². The average Bonchev–Trinajstić information content (AvgIpc) is 3.02. The number of ether oxygens (including phenoxy) is 2. The van der Waals surface area contributed by atoms with Gasteiger partial charge in [0.25, 0.3) is 0 Å². The second-order valence-electron chi connectivity index (χ2n) is 6.37. The van der Waals surface area contributed by atoms with Crippen molar-refractivity contribution < 1.29 is 26.9 Å². The number of hydrogen-bond acceptors (Lipinski definition) is 6. The quantitative estimate of drug-likeness (QED) is 0.419. The molecule has 30 heavy (non-hydrogen) atoms. The van der Waals surface area contributed by atoms with Crippen molar-refractivity contribution in [3.05, 3.63) is 88.6 Å². The number of allylic oxidation sites excluding steroid dienone is 1. The Kier molecular flexibility index (Phi) is 5.24. The van der Waals surface area contributed by atoms with Gasteiger partial charge >= 0.3 is 10.1 Å². The molecule has 0 saturated carbocycles. The van der Waals surface area contributed by atoms with E-state index in [1.807, 2.05) is 0 Å². The fourth-order valence-corrected chi connectivity index (χ4v) is 4.01. The molecule has 0 amide bonds. The zero-order chi connectivity index (χ0) is 21.3. The van der Waals surface area contributed by atoms with Gasteiger partial charge in [-0.1, -0.05) is 23.7 Å². The van der Waals surface area contributed by atoms with Crippen molar-refractivity contribution in [2.24, 2.45) is 0 Å². The molecule has 3 aromatic rings. The second-order valence-corrected chi connectivity index (χ2v) is 8.35. The molecule has 0 bridgehead atoms. The molecule has 3 aromatic carbocycles. The number of carbonyl (C=O) groups excluding carboxylic acids is 1. The lowest BCUT2D eigenvalue weighted by molar-refractivity contribution is 0.101. The maximum Gasteiger partial charge on any atom is 0.339 e. The van der Waals surface area contributed by atoms with E-state index >= 15 is 0 Å². The smallest absolute Gasteiger partial charge is 0.339 e. The SMILES string of the molecule is COc1ccc(S(=O)(=O)Oc2ccc3c(c2)OC(=Cc2cccc(Cl)c2)C3=O)cc1. The van der Waals surface area contributed by atoms with E-state index in [0.717, 1.165) is 0 Å². The summed E-state index contributed by atoms with van der Waals surface area (Å²) in [6.45, 7) is 0. The normalized spacial score (nSPS) is 14.3. The Morgan fingerprint density at radius 1 is 0.967 bits per heavy atom. The van der Waals surface area contributed by atoms with Gasteiger partial charge in [-0.15, -0.1) is 0 Å². The van der Waals surface area contributed by atoms with Crippen LogP contribution < -0.4 is 13.7 Å². The van der Waals surface area contributed by atoms with Gasteiger partial charge in [0, 0.05) is 11.1 Å². The van der Waals surface area contributed by atoms with Crippen molar-refractivity contribution >= 4 is 33.6 Å². The first-order valence-electron chi connectivity index (χ1n) is 8.78. The molecule has 0 radical (unpaired) electrons. The molecule has 4 rings (SSSR count). The zero-order valence-electron chi connectivity index (χ0n) is 15.7. The summed E-state index contributed by atoms with van der Waals surface area (Å²) in [4.78, 5) is 12.5. The van der Waals surface area contributed by atoms with Crippen LogP contribution in [0, 0.1) is 0 Å². The molecule has 1 aliphatic rings. The van der Waals surface area contributed by atoms with Gasteiger partial charge in [0.15, 0.2) is 5.76 Å². The van der Waals surface area contributed by atoms with Crippen LogP contribution in [-0.4, -0.2) is 21.3 Å². The molecular formula is C22H15ClO6S. The van der Waals surface area contributed by atoms with Gasteiger partial charge in [0.2, 0.25) is 5.78 Å². The summed E-state index contributed by atoms with van der Waals surface area (Å²) in [5.74, 6) is 0.575. The van der Waals surface area contributed by atoms with Gasteiger partial charge < -0.3 is 13.7 Å². The molecular weight excluding hydrogens is 428 g/mol. The summed E-state index contributed by atoms with van der Waals surface area (Å²) >= 11 is 5.97. The van der Waals surface area contributed by atoms with E-state index < -0.39 is 10.1 Å². The first-order valence-corrected chi connectivity index (χ1v) is 10.6. The van der Waals surface area contributed by atoms with Gasteiger partial charge in [-0.2, -0.15) is 8.42 Å². The summed E-state index contributed by atoms with van der Waals surface area (Å²) < 4.78 is 40.9. The van der Waals surface area contributed by atoms with Crippen LogP contribution in [-0.2, 0) is 10.1 Å². The number of methoxy groups -OCH3 is 1. The predicted molar refractivity (Wildman–Crippen MR) is 112 cm³/mol. The third-order valence-corrected chi connectivity index (χ3v) is 5.84. The standard InChI is InChI=1S/C22H15ClO6S/c1-27-16-5-8-18(9-6-16)30(25,26)29-17-7-10-19-20(13-17)28-21(22(19)24)12-14-3-2-4-15(23)11-14/h2-13H,1H3. The Bertz CT molecular complexity index is 1260. The molecule has 0 saturated heterocycles. The van der Waals surface area contributed by atoms with Gasteiger partial charge in [0.1, 0.15) is 22.1 Å². The van der Waals surface area contributed by atoms with Crippen molar-refractivity contribution in [1.82, 2.24) is 0 Å². The van der Waals surface area contributed by atoms with E-state index in [9.17, 15) is 13.2 Å². The minimum atomic E-state index is -4.06. The number of carbonyl (C=O) groups is 1. The molecule has 6 nitrogen and oxygen atoms in total. The highest BCUT2D eigenvalue weighted by atomic mass is 35.5. The molecule has 0 fully saturated rings. The number of Topliss-reactive ketones (excluding diaryl/α,β-unsaturated/α-hetero) is 1. The first kappa shape index (κ1) is 20.0.